The average Bonchev–Trinajstić information content (AvgIpc) is 3.49. The molecule has 0 amide bonds. The van der Waals surface area contributed by atoms with Crippen LogP contribution in [0.15, 0.2) is 47.4 Å². The van der Waals surface area contributed by atoms with Gasteiger partial charge in [-0.25, -0.2) is 17.5 Å². The van der Waals surface area contributed by atoms with E-state index in [0.29, 0.717) is 39.0 Å². The maximum Gasteiger partial charge on any atom is 0.310 e. The molecule has 1 unspecified atom stereocenters. The van der Waals surface area contributed by atoms with E-state index >= 15 is 4.39 Å². The highest BCUT2D eigenvalue weighted by atomic mass is 35.5. The van der Waals surface area contributed by atoms with Crippen LogP contribution in [0.25, 0.3) is 11.0 Å². The predicted octanol–water partition coefficient (Wildman–Crippen LogP) is 5.91. The molecule has 0 saturated heterocycles. The molecule has 2 aromatic heterocycles. The van der Waals surface area contributed by atoms with E-state index in [1.807, 2.05) is 13.8 Å². The topological polar surface area (TPSA) is 115 Å². The fourth-order valence-electron chi connectivity index (χ4n) is 5.17. The van der Waals surface area contributed by atoms with Crippen molar-refractivity contribution in [1.82, 2.24) is 19.3 Å². The first-order valence-electron chi connectivity index (χ1n) is 13.2. The summed E-state index contributed by atoms with van der Waals surface area (Å²) in [6.45, 7) is 7.39. The minimum atomic E-state index is -3.93. The van der Waals surface area contributed by atoms with E-state index in [2.05, 4.69) is 10.3 Å². The maximum absolute atomic E-state index is 16.0. The summed E-state index contributed by atoms with van der Waals surface area (Å²) in [4.78, 5) is 13.0. The number of carbonyl (C=O) groups is 1. The van der Waals surface area contributed by atoms with Crippen LogP contribution in [0, 0.1) is 11.2 Å². The lowest BCUT2D eigenvalue weighted by atomic mass is 9.73. The molecule has 2 atom stereocenters. The van der Waals surface area contributed by atoms with Gasteiger partial charge in [-0.1, -0.05) is 41.9 Å². The highest BCUT2D eigenvalue weighted by Gasteiger charge is 2.42. The molecule has 13 heteroatoms. The zero-order valence-corrected chi connectivity index (χ0v) is 25.4. The summed E-state index contributed by atoms with van der Waals surface area (Å²) in [5.74, 6) is -2.42. The first-order chi connectivity index (χ1) is 19.4. The second-order valence-corrected chi connectivity index (χ2v) is 14.1. The summed E-state index contributed by atoms with van der Waals surface area (Å²) < 4.78 is 52.5. The largest absolute Gasteiger partial charge is 0.488 e. The molecule has 0 fully saturated rings. The second kappa shape index (κ2) is 11.0. The molecule has 3 heterocycles. The Kier molecular flexibility index (Phi) is 7.88. The Morgan fingerprint density at radius 2 is 2.00 bits per heavy atom. The lowest BCUT2D eigenvalue weighted by Crippen LogP contribution is -2.36. The summed E-state index contributed by atoms with van der Waals surface area (Å²) in [6, 6.07) is 11.4. The molecule has 0 spiro atoms. The average molecular weight is 621 g/mol. The Balaban J connectivity index is 1.59. The van der Waals surface area contributed by atoms with Crippen molar-refractivity contribution in [2.75, 3.05) is 6.54 Å². The van der Waals surface area contributed by atoms with E-state index in [9.17, 15) is 18.3 Å². The van der Waals surface area contributed by atoms with Crippen LogP contribution in [0.4, 0.5) is 4.39 Å². The molecule has 0 bridgehead atoms. The van der Waals surface area contributed by atoms with Crippen LogP contribution in [0.1, 0.15) is 56.0 Å². The molecule has 218 valence electrons. The van der Waals surface area contributed by atoms with Gasteiger partial charge >= 0.3 is 5.97 Å². The number of ether oxygens (including phenoxy) is 1. The Morgan fingerprint density at radius 3 is 2.68 bits per heavy atom. The number of carboxylic acid groups (broad SMARTS) is 1. The van der Waals surface area contributed by atoms with Gasteiger partial charge in [-0.15, -0.1) is 16.4 Å². The molecule has 2 aromatic carbocycles. The van der Waals surface area contributed by atoms with Crippen LogP contribution in [-0.4, -0.2) is 51.4 Å². The van der Waals surface area contributed by atoms with Gasteiger partial charge in [-0.05, 0) is 62.6 Å². The van der Waals surface area contributed by atoms with Crippen LogP contribution < -0.4 is 4.74 Å². The first-order valence-corrected chi connectivity index (χ1v) is 15.8. The minimum Gasteiger partial charge on any atom is -0.488 e. The number of rotatable bonds is 8. The van der Waals surface area contributed by atoms with E-state index in [1.165, 1.54) is 24.2 Å². The number of aryl methyl sites for hydroxylation is 1. The molecular formula is C28H30ClFN4O5S2. The van der Waals surface area contributed by atoms with Gasteiger partial charge in [0.05, 0.1) is 21.8 Å². The molecule has 1 aliphatic rings. The smallest absolute Gasteiger partial charge is 0.310 e. The third-order valence-corrected chi connectivity index (χ3v) is 10.9. The first kappa shape index (κ1) is 29.4. The molecule has 4 aromatic rings. The number of thiophene rings is 1. The van der Waals surface area contributed by atoms with Crippen LogP contribution in [0.5, 0.6) is 5.75 Å². The number of fused-ring (bicyclic) bond motifs is 2. The van der Waals surface area contributed by atoms with Crippen molar-refractivity contribution in [3.63, 3.8) is 0 Å². The fraction of sp³-hybridized carbons (Fsp3) is 0.393. The van der Waals surface area contributed by atoms with Crippen LogP contribution in [0.2, 0.25) is 4.34 Å². The summed E-state index contributed by atoms with van der Waals surface area (Å²) >= 11 is 7.80. The SMILES string of the molecule is CC[C@@H]1CN(Cc2cc(C(c3ccc4c(nnn4CC)c3F)C(C)(C)C(=O)O)sc2Cl)S(=O)(=O)c2ccccc2O1. The molecule has 5 rings (SSSR count). The van der Waals surface area contributed by atoms with Crippen LogP contribution in [0.3, 0.4) is 0 Å². The highest BCUT2D eigenvalue weighted by Crippen LogP contribution is 2.47. The standard InChI is InChI=1S/C28H30ClFN4O5S2/c1-5-17-15-33(41(37,38)22-10-8-7-9-20(22)39-17)14-16-13-21(40-26(16)29)23(28(3,4)27(35)36)18-11-12-19-25(24(18)30)31-32-34(19)6-2/h7-13,17,23H,5-6,14-15H2,1-4H3,(H,35,36)/t17-,23?/m1/s1. The molecular weight excluding hydrogens is 591 g/mol. The monoisotopic (exact) mass is 620 g/mol. The van der Waals surface area contributed by atoms with E-state index in [0.717, 1.165) is 11.3 Å². The van der Waals surface area contributed by atoms with E-state index in [4.69, 9.17) is 16.3 Å². The van der Waals surface area contributed by atoms with Crippen molar-refractivity contribution in [2.24, 2.45) is 5.41 Å². The summed E-state index contributed by atoms with van der Waals surface area (Å²) in [5, 5.41) is 18.2. The van der Waals surface area contributed by atoms with Gasteiger partial charge in [0.25, 0.3) is 0 Å². The van der Waals surface area contributed by atoms with Gasteiger partial charge in [-0.3, -0.25) is 4.79 Å². The number of sulfonamides is 1. The Morgan fingerprint density at radius 1 is 1.27 bits per heavy atom. The van der Waals surface area contributed by atoms with Crippen LogP contribution >= 0.6 is 22.9 Å². The maximum atomic E-state index is 16.0. The van der Waals surface area contributed by atoms with Crippen molar-refractivity contribution in [2.45, 2.75) is 64.1 Å². The molecule has 41 heavy (non-hydrogen) atoms. The van der Waals surface area contributed by atoms with Crippen molar-refractivity contribution in [1.29, 1.82) is 0 Å². The lowest BCUT2D eigenvalue weighted by molar-refractivity contribution is -0.147. The fourth-order valence-corrected chi connectivity index (χ4v) is 8.32. The number of carboxylic acids is 1. The molecule has 0 saturated carbocycles. The third-order valence-electron chi connectivity index (χ3n) is 7.57. The van der Waals surface area contributed by atoms with E-state index in [1.54, 1.807) is 41.1 Å². The number of benzene rings is 2. The molecule has 0 radical (unpaired) electrons. The zero-order valence-electron chi connectivity index (χ0n) is 23.0. The highest BCUT2D eigenvalue weighted by molar-refractivity contribution is 7.89. The summed E-state index contributed by atoms with van der Waals surface area (Å²) in [7, 11) is -3.93. The van der Waals surface area contributed by atoms with Crippen molar-refractivity contribution >= 4 is 50.0 Å². The van der Waals surface area contributed by atoms with Gasteiger partial charge in [-0.2, -0.15) is 4.31 Å². The van der Waals surface area contributed by atoms with Crippen LogP contribution in [-0.2, 0) is 27.9 Å². The van der Waals surface area contributed by atoms with Crippen molar-refractivity contribution < 1.29 is 27.4 Å². The number of aromatic nitrogens is 3. The van der Waals surface area contributed by atoms with Crippen molar-refractivity contribution in [3.05, 3.63) is 68.6 Å². The van der Waals surface area contributed by atoms with E-state index in [-0.39, 0.29) is 35.2 Å². The normalized spacial score (nSPS) is 18.0. The Labute approximate surface area is 246 Å². The zero-order chi connectivity index (χ0) is 29.7. The van der Waals surface area contributed by atoms with Gasteiger partial charge in [0.15, 0.2) is 5.82 Å². The van der Waals surface area contributed by atoms with Gasteiger partial charge in [0, 0.05) is 23.9 Å². The minimum absolute atomic E-state index is 0.0540. The molecule has 9 nitrogen and oxygen atoms in total. The second-order valence-electron chi connectivity index (χ2n) is 10.5. The van der Waals surface area contributed by atoms with Crippen molar-refractivity contribution in [3.8, 4) is 5.75 Å². The summed E-state index contributed by atoms with van der Waals surface area (Å²) in [6.07, 6.45) is 0.212. The summed E-state index contributed by atoms with van der Waals surface area (Å²) in [5.41, 5.74) is -0.249. The molecule has 1 aliphatic heterocycles. The number of hydrogen-bond donors (Lipinski definition) is 1. The molecule has 0 aliphatic carbocycles. The number of nitrogens with zero attached hydrogens (tertiary/aromatic N) is 4. The Hall–Kier alpha value is -3.06. The van der Waals surface area contributed by atoms with E-state index < -0.39 is 33.1 Å². The van der Waals surface area contributed by atoms with Gasteiger partial charge < -0.3 is 9.84 Å². The predicted molar refractivity (Wildman–Crippen MR) is 154 cm³/mol. The van der Waals surface area contributed by atoms with Gasteiger partial charge in [0.1, 0.15) is 22.3 Å². The van der Waals surface area contributed by atoms with Gasteiger partial charge in [0.2, 0.25) is 10.0 Å². The Bertz CT molecular complexity index is 1740. The lowest BCUT2D eigenvalue weighted by Gasteiger charge is -2.30. The number of para-hydroxylation sites is 1. The quantitative estimate of drug-likeness (QED) is 0.260. The third kappa shape index (κ3) is 5.11. The number of hydrogen-bond acceptors (Lipinski definition) is 7. The number of aliphatic carboxylic acids is 1. The number of halogens is 2. The molecule has 1 N–H and O–H groups in total.